The fourth-order valence-corrected chi connectivity index (χ4v) is 2.67. The van der Waals surface area contributed by atoms with Gasteiger partial charge in [0.2, 0.25) is 0 Å². The smallest absolute Gasteiger partial charge is 0.122 e. The molecule has 1 aromatic heterocycles. The first-order valence-electron chi connectivity index (χ1n) is 7.40. The Bertz CT molecular complexity index is 373. The van der Waals surface area contributed by atoms with E-state index in [-0.39, 0.29) is 12.1 Å². The Kier molecular flexibility index (Phi) is 6.08. The first-order chi connectivity index (χ1) is 8.86. The minimum Gasteiger partial charge on any atom is -0.465 e. The molecule has 0 aliphatic carbocycles. The van der Waals surface area contributed by atoms with Crippen LogP contribution in [0.5, 0.6) is 0 Å². The third-order valence-corrected chi connectivity index (χ3v) is 3.88. The number of rotatable bonds is 7. The predicted octanol–water partition coefficient (Wildman–Crippen LogP) is 3.73. The Morgan fingerprint density at radius 2 is 1.89 bits per heavy atom. The van der Waals surface area contributed by atoms with Gasteiger partial charge in [-0.15, -0.1) is 0 Å². The summed E-state index contributed by atoms with van der Waals surface area (Å²) in [7, 11) is 2.16. The van der Waals surface area contributed by atoms with Gasteiger partial charge in [-0.3, -0.25) is 4.90 Å². The van der Waals surface area contributed by atoms with E-state index in [1.165, 1.54) is 6.42 Å². The molecule has 3 nitrogen and oxygen atoms in total. The average Bonchev–Trinajstić information content (AvgIpc) is 2.74. The molecular weight excluding hydrogens is 236 g/mol. The second kappa shape index (κ2) is 7.11. The Hall–Kier alpha value is -0.800. The van der Waals surface area contributed by atoms with E-state index < -0.39 is 0 Å². The minimum atomic E-state index is 0.102. The van der Waals surface area contributed by atoms with Crippen LogP contribution >= 0.6 is 0 Å². The van der Waals surface area contributed by atoms with Gasteiger partial charge in [-0.05, 0) is 51.8 Å². The molecule has 0 aliphatic rings. The van der Waals surface area contributed by atoms with Crippen LogP contribution in [0.25, 0.3) is 0 Å². The largest absolute Gasteiger partial charge is 0.465 e. The van der Waals surface area contributed by atoms with Crippen LogP contribution in [-0.2, 0) is 0 Å². The molecule has 0 aromatic carbocycles. The van der Waals surface area contributed by atoms with Gasteiger partial charge >= 0.3 is 0 Å². The average molecular weight is 266 g/mol. The maximum absolute atomic E-state index is 6.33. The summed E-state index contributed by atoms with van der Waals surface area (Å²) in [4.78, 5) is 2.37. The van der Waals surface area contributed by atoms with Crippen molar-refractivity contribution in [3.05, 3.63) is 23.7 Å². The highest BCUT2D eigenvalue weighted by atomic mass is 16.3. The third kappa shape index (κ3) is 4.36. The lowest BCUT2D eigenvalue weighted by Crippen LogP contribution is -2.43. The number of hydrogen-bond acceptors (Lipinski definition) is 3. The number of nitrogens with zero attached hydrogens (tertiary/aromatic N) is 1. The predicted molar refractivity (Wildman–Crippen MR) is 81.1 cm³/mol. The van der Waals surface area contributed by atoms with Crippen molar-refractivity contribution in [2.45, 2.75) is 65.6 Å². The van der Waals surface area contributed by atoms with Gasteiger partial charge in [0.05, 0.1) is 6.04 Å². The highest BCUT2D eigenvalue weighted by Crippen LogP contribution is 2.28. The lowest BCUT2D eigenvalue weighted by Gasteiger charge is -2.36. The number of nitrogens with two attached hydrogens (primary N) is 1. The molecule has 0 saturated carbocycles. The summed E-state index contributed by atoms with van der Waals surface area (Å²) in [6.07, 6.45) is 2.12. The molecule has 0 fully saturated rings. The Morgan fingerprint density at radius 1 is 1.26 bits per heavy atom. The Labute approximate surface area is 118 Å². The van der Waals surface area contributed by atoms with E-state index in [4.69, 9.17) is 10.2 Å². The van der Waals surface area contributed by atoms with E-state index in [0.717, 1.165) is 17.9 Å². The topological polar surface area (TPSA) is 42.4 Å². The number of likely N-dealkylation sites (N-methyl/N-ethyl adjacent to an activating group) is 1. The van der Waals surface area contributed by atoms with Crippen LogP contribution in [-0.4, -0.2) is 24.0 Å². The zero-order chi connectivity index (χ0) is 14.6. The van der Waals surface area contributed by atoms with Crippen LogP contribution in [0.2, 0.25) is 0 Å². The molecule has 3 atom stereocenters. The molecule has 3 heteroatoms. The highest BCUT2D eigenvalue weighted by molar-refractivity contribution is 5.12. The highest BCUT2D eigenvalue weighted by Gasteiger charge is 2.29. The number of aryl methyl sites for hydroxylation is 1. The molecule has 2 N–H and O–H groups in total. The SMILES string of the molecule is CCC(N)C(c1ccc(C)o1)N(C)C(C)CC(C)C. The molecule has 19 heavy (non-hydrogen) atoms. The summed E-state index contributed by atoms with van der Waals surface area (Å²) in [6.45, 7) is 10.9. The Morgan fingerprint density at radius 3 is 2.32 bits per heavy atom. The van der Waals surface area contributed by atoms with Crippen molar-refractivity contribution >= 4 is 0 Å². The molecule has 1 heterocycles. The molecule has 0 bridgehead atoms. The van der Waals surface area contributed by atoms with Gasteiger partial charge in [0.1, 0.15) is 11.5 Å². The fourth-order valence-electron chi connectivity index (χ4n) is 2.67. The van der Waals surface area contributed by atoms with Gasteiger partial charge in [-0.2, -0.15) is 0 Å². The summed E-state index contributed by atoms with van der Waals surface area (Å²) >= 11 is 0. The van der Waals surface area contributed by atoms with Crippen molar-refractivity contribution in [3.8, 4) is 0 Å². The van der Waals surface area contributed by atoms with Crippen molar-refractivity contribution in [2.75, 3.05) is 7.05 Å². The van der Waals surface area contributed by atoms with Gasteiger partial charge in [-0.1, -0.05) is 20.8 Å². The van der Waals surface area contributed by atoms with Crippen molar-refractivity contribution in [1.29, 1.82) is 0 Å². The van der Waals surface area contributed by atoms with Crippen LogP contribution < -0.4 is 5.73 Å². The summed E-state index contributed by atoms with van der Waals surface area (Å²) in [5.74, 6) is 2.63. The van der Waals surface area contributed by atoms with Crippen LogP contribution in [0.3, 0.4) is 0 Å². The van der Waals surface area contributed by atoms with Gasteiger partial charge in [0.25, 0.3) is 0 Å². The summed E-state index contributed by atoms with van der Waals surface area (Å²) in [6, 6.07) is 4.84. The second-order valence-corrected chi connectivity index (χ2v) is 6.11. The molecule has 110 valence electrons. The minimum absolute atomic E-state index is 0.102. The van der Waals surface area contributed by atoms with Crippen molar-refractivity contribution in [3.63, 3.8) is 0 Å². The van der Waals surface area contributed by atoms with E-state index >= 15 is 0 Å². The fraction of sp³-hybridized carbons (Fsp3) is 0.750. The molecule has 0 radical (unpaired) electrons. The standard InChI is InChI=1S/C16H30N2O/c1-7-14(17)16(15-9-8-13(5)19-15)18(6)12(4)10-11(2)3/h8-9,11-12,14,16H,7,10,17H2,1-6H3. The lowest BCUT2D eigenvalue weighted by atomic mass is 9.97. The third-order valence-electron chi connectivity index (χ3n) is 3.88. The van der Waals surface area contributed by atoms with E-state index in [1.54, 1.807) is 0 Å². The second-order valence-electron chi connectivity index (χ2n) is 6.11. The molecule has 1 rings (SSSR count). The van der Waals surface area contributed by atoms with Crippen molar-refractivity contribution in [1.82, 2.24) is 4.90 Å². The van der Waals surface area contributed by atoms with E-state index in [0.29, 0.717) is 12.0 Å². The van der Waals surface area contributed by atoms with Gasteiger partial charge < -0.3 is 10.2 Å². The molecule has 0 aliphatic heterocycles. The molecule has 0 amide bonds. The molecule has 0 spiro atoms. The van der Waals surface area contributed by atoms with Crippen LogP contribution in [0.15, 0.2) is 16.5 Å². The molecule has 0 saturated heterocycles. The van der Waals surface area contributed by atoms with Crippen molar-refractivity contribution < 1.29 is 4.42 Å². The normalized spacial score (nSPS) is 16.9. The van der Waals surface area contributed by atoms with Crippen molar-refractivity contribution in [2.24, 2.45) is 11.7 Å². The lowest BCUT2D eigenvalue weighted by molar-refractivity contribution is 0.124. The maximum Gasteiger partial charge on any atom is 0.122 e. The molecule has 3 unspecified atom stereocenters. The zero-order valence-corrected chi connectivity index (χ0v) is 13.3. The zero-order valence-electron chi connectivity index (χ0n) is 13.3. The van der Waals surface area contributed by atoms with E-state index in [2.05, 4.69) is 45.7 Å². The van der Waals surface area contributed by atoms with E-state index in [9.17, 15) is 0 Å². The number of furan rings is 1. The molecule has 1 aromatic rings. The quantitative estimate of drug-likeness (QED) is 0.817. The van der Waals surface area contributed by atoms with Gasteiger partial charge in [0.15, 0.2) is 0 Å². The number of hydrogen-bond donors (Lipinski definition) is 1. The van der Waals surface area contributed by atoms with Crippen LogP contribution in [0.1, 0.15) is 58.1 Å². The monoisotopic (exact) mass is 266 g/mol. The van der Waals surface area contributed by atoms with Gasteiger partial charge in [0, 0.05) is 12.1 Å². The van der Waals surface area contributed by atoms with Crippen LogP contribution in [0.4, 0.5) is 0 Å². The maximum atomic E-state index is 6.33. The van der Waals surface area contributed by atoms with Crippen LogP contribution in [0, 0.1) is 12.8 Å². The summed E-state index contributed by atoms with van der Waals surface area (Å²) < 4.78 is 5.82. The Balaban J connectivity index is 2.91. The summed E-state index contributed by atoms with van der Waals surface area (Å²) in [5.41, 5.74) is 6.33. The first kappa shape index (κ1) is 16.3. The van der Waals surface area contributed by atoms with E-state index in [1.807, 2.05) is 13.0 Å². The first-order valence-corrected chi connectivity index (χ1v) is 7.40. The summed E-state index contributed by atoms with van der Waals surface area (Å²) in [5, 5.41) is 0. The molecular formula is C16H30N2O. The van der Waals surface area contributed by atoms with Gasteiger partial charge in [-0.25, -0.2) is 0 Å².